The zero-order valence-electron chi connectivity index (χ0n) is 9.82. The first-order valence-electron chi connectivity index (χ1n) is 5.75. The van der Waals surface area contributed by atoms with Gasteiger partial charge in [0.15, 0.2) is 0 Å². The van der Waals surface area contributed by atoms with E-state index in [0.717, 1.165) is 24.7 Å². The maximum Gasteiger partial charge on any atom is 0.0674 e. The predicted molar refractivity (Wildman–Crippen MR) is 66.7 cm³/mol. The highest BCUT2D eigenvalue weighted by Gasteiger charge is 2.23. The van der Waals surface area contributed by atoms with E-state index in [1.54, 1.807) is 0 Å². The fourth-order valence-electron chi connectivity index (χ4n) is 2.06. The van der Waals surface area contributed by atoms with Crippen molar-refractivity contribution < 1.29 is 4.74 Å². The third-order valence-corrected chi connectivity index (χ3v) is 3.25. The maximum absolute atomic E-state index is 5.98. The van der Waals surface area contributed by atoms with E-state index >= 15 is 0 Å². The van der Waals surface area contributed by atoms with Crippen LogP contribution in [0.3, 0.4) is 0 Å². The molecule has 3 heteroatoms. The van der Waals surface area contributed by atoms with Crippen LogP contribution in [-0.4, -0.2) is 30.2 Å². The molecule has 1 fully saturated rings. The molecule has 16 heavy (non-hydrogen) atoms. The van der Waals surface area contributed by atoms with Crippen molar-refractivity contribution in [3.63, 3.8) is 0 Å². The molecule has 1 saturated heterocycles. The first-order chi connectivity index (χ1) is 7.65. The zero-order chi connectivity index (χ0) is 11.5. The van der Waals surface area contributed by atoms with Crippen molar-refractivity contribution in [1.82, 2.24) is 4.90 Å². The average Bonchev–Trinajstić information content (AvgIpc) is 2.24. The highest BCUT2D eigenvalue weighted by atomic mass is 35.5. The molecule has 2 atom stereocenters. The summed E-state index contributed by atoms with van der Waals surface area (Å²) in [6.45, 7) is 7.10. The molecule has 0 bridgehead atoms. The quantitative estimate of drug-likeness (QED) is 0.787. The second-order valence-corrected chi connectivity index (χ2v) is 4.99. The molecule has 0 aliphatic carbocycles. The van der Waals surface area contributed by atoms with Gasteiger partial charge < -0.3 is 4.74 Å². The van der Waals surface area contributed by atoms with Gasteiger partial charge in [-0.15, -0.1) is 0 Å². The Labute approximate surface area is 102 Å². The number of rotatable bonds is 2. The van der Waals surface area contributed by atoms with Crippen molar-refractivity contribution in [2.75, 3.05) is 13.2 Å². The highest BCUT2D eigenvalue weighted by Crippen LogP contribution is 2.17. The number of hydrogen-bond acceptors (Lipinski definition) is 2. The third kappa shape index (κ3) is 2.97. The molecular formula is C13H18ClNO. The Morgan fingerprint density at radius 3 is 3.00 bits per heavy atom. The Bertz CT molecular complexity index is 356. The number of benzene rings is 1. The number of halogens is 1. The fourth-order valence-corrected chi connectivity index (χ4v) is 2.27. The van der Waals surface area contributed by atoms with Crippen molar-refractivity contribution in [3.05, 3.63) is 34.9 Å². The molecule has 0 aromatic heterocycles. The fraction of sp³-hybridized carbons (Fsp3) is 0.538. The number of nitrogens with zero attached hydrogens (tertiary/aromatic N) is 1. The standard InChI is InChI=1S/C13H18ClNO/c1-10-9-16-11(2)7-15(10)8-12-4-3-5-13(14)6-12/h3-6,10-11H,7-9H2,1-2H3/t10-,11-/m1/s1. The van der Waals surface area contributed by atoms with Gasteiger partial charge in [0.1, 0.15) is 0 Å². The van der Waals surface area contributed by atoms with Gasteiger partial charge in [-0.1, -0.05) is 23.7 Å². The van der Waals surface area contributed by atoms with E-state index in [0.29, 0.717) is 12.1 Å². The number of hydrogen-bond donors (Lipinski definition) is 0. The lowest BCUT2D eigenvalue weighted by Crippen LogP contribution is -2.46. The van der Waals surface area contributed by atoms with Crippen molar-refractivity contribution in [2.24, 2.45) is 0 Å². The van der Waals surface area contributed by atoms with Crippen LogP contribution >= 0.6 is 11.6 Å². The lowest BCUT2D eigenvalue weighted by molar-refractivity contribution is -0.0526. The summed E-state index contributed by atoms with van der Waals surface area (Å²) in [5.41, 5.74) is 1.27. The van der Waals surface area contributed by atoms with Crippen molar-refractivity contribution in [1.29, 1.82) is 0 Å². The molecule has 2 nitrogen and oxygen atoms in total. The molecule has 1 aromatic carbocycles. The molecule has 1 aliphatic heterocycles. The van der Waals surface area contributed by atoms with Crippen molar-refractivity contribution in [3.8, 4) is 0 Å². The zero-order valence-corrected chi connectivity index (χ0v) is 10.6. The van der Waals surface area contributed by atoms with E-state index in [-0.39, 0.29) is 0 Å². The summed E-state index contributed by atoms with van der Waals surface area (Å²) in [4.78, 5) is 2.44. The number of morpholine rings is 1. The molecule has 2 rings (SSSR count). The van der Waals surface area contributed by atoms with Crippen LogP contribution in [0.4, 0.5) is 0 Å². The lowest BCUT2D eigenvalue weighted by atomic mass is 10.1. The highest BCUT2D eigenvalue weighted by molar-refractivity contribution is 6.30. The van der Waals surface area contributed by atoms with Crippen LogP contribution in [-0.2, 0) is 11.3 Å². The predicted octanol–water partition coefficient (Wildman–Crippen LogP) is 2.95. The first kappa shape index (κ1) is 11.9. The first-order valence-corrected chi connectivity index (χ1v) is 6.13. The van der Waals surface area contributed by atoms with E-state index < -0.39 is 0 Å². The second-order valence-electron chi connectivity index (χ2n) is 4.55. The van der Waals surface area contributed by atoms with Gasteiger partial charge >= 0.3 is 0 Å². The Morgan fingerprint density at radius 2 is 2.25 bits per heavy atom. The van der Waals surface area contributed by atoms with Crippen LogP contribution in [0.1, 0.15) is 19.4 Å². The Kier molecular flexibility index (Phi) is 3.85. The van der Waals surface area contributed by atoms with Gasteiger partial charge in [-0.25, -0.2) is 0 Å². The molecule has 1 aliphatic rings. The minimum Gasteiger partial charge on any atom is -0.376 e. The summed E-state index contributed by atoms with van der Waals surface area (Å²) in [6, 6.07) is 8.56. The summed E-state index contributed by atoms with van der Waals surface area (Å²) in [6.07, 6.45) is 0.329. The van der Waals surface area contributed by atoms with Crippen LogP contribution in [0, 0.1) is 0 Å². The normalized spacial score (nSPS) is 26.9. The van der Waals surface area contributed by atoms with E-state index in [2.05, 4.69) is 24.8 Å². The minimum absolute atomic E-state index is 0.329. The molecule has 0 unspecified atom stereocenters. The van der Waals surface area contributed by atoms with E-state index in [1.807, 2.05) is 18.2 Å². The van der Waals surface area contributed by atoms with Gasteiger partial charge in [0.25, 0.3) is 0 Å². The Hall–Kier alpha value is -0.570. The van der Waals surface area contributed by atoms with E-state index in [1.165, 1.54) is 5.56 Å². The summed E-state index contributed by atoms with van der Waals surface area (Å²) in [5, 5.41) is 0.812. The average molecular weight is 240 g/mol. The van der Waals surface area contributed by atoms with E-state index in [4.69, 9.17) is 16.3 Å². The molecule has 0 spiro atoms. The van der Waals surface area contributed by atoms with Crippen LogP contribution in [0.2, 0.25) is 5.02 Å². The van der Waals surface area contributed by atoms with Gasteiger partial charge in [-0.05, 0) is 31.5 Å². The second kappa shape index (κ2) is 5.17. The lowest BCUT2D eigenvalue weighted by Gasteiger charge is -2.36. The molecular weight excluding hydrogens is 222 g/mol. The summed E-state index contributed by atoms with van der Waals surface area (Å²) in [5.74, 6) is 0. The minimum atomic E-state index is 0.329. The number of ether oxygens (including phenoxy) is 1. The van der Waals surface area contributed by atoms with Crippen LogP contribution in [0.25, 0.3) is 0 Å². The monoisotopic (exact) mass is 239 g/mol. The molecule has 0 saturated carbocycles. The van der Waals surface area contributed by atoms with Gasteiger partial charge in [-0.3, -0.25) is 4.90 Å². The summed E-state index contributed by atoms with van der Waals surface area (Å²) in [7, 11) is 0. The topological polar surface area (TPSA) is 12.5 Å². The van der Waals surface area contributed by atoms with Gasteiger partial charge in [-0.2, -0.15) is 0 Å². The Balaban J connectivity index is 2.02. The largest absolute Gasteiger partial charge is 0.376 e. The molecule has 0 N–H and O–H groups in total. The van der Waals surface area contributed by atoms with Crippen molar-refractivity contribution >= 4 is 11.6 Å². The van der Waals surface area contributed by atoms with E-state index in [9.17, 15) is 0 Å². The third-order valence-electron chi connectivity index (χ3n) is 3.01. The molecule has 1 aromatic rings. The molecule has 88 valence electrons. The van der Waals surface area contributed by atoms with Crippen LogP contribution < -0.4 is 0 Å². The molecule has 0 radical (unpaired) electrons. The summed E-state index contributed by atoms with van der Waals surface area (Å²) < 4.78 is 5.61. The molecule has 1 heterocycles. The van der Waals surface area contributed by atoms with Gasteiger partial charge in [0.05, 0.1) is 12.7 Å². The smallest absolute Gasteiger partial charge is 0.0674 e. The van der Waals surface area contributed by atoms with Gasteiger partial charge in [0, 0.05) is 24.2 Å². The SMILES string of the molecule is C[C@@H]1CN(Cc2cccc(Cl)c2)[C@H](C)CO1. The van der Waals surface area contributed by atoms with Gasteiger partial charge in [0.2, 0.25) is 0 Å². The summed E-state index contributed by atoms with van der Waals surface area (Å²) >= 11 is 5.98. The molecule has 0 amide bonds. The van der Waals surface area contributed by atoms with Crippen molar-refractivity contribution in [2.45, 2.75) is 32.5 Å². The Morgan fingerprint density at radius 1 is 1.44 bits per heavy atom. The maximum atomic E-state index is 5.98. The van der Waals surface area contributed by atoms with Crippen LogP contribution in [0.15, 0.2) is 24.3 Å². The van der Waals surface area contributed by atoms with Crippen LogP contribution in [0.5, 0.6) is 0 Å².